The summed E-state index contributed by atoms with van der Waals surface area (Å²) in [7, 11) is 1.54. The fourth-order valence-corrected chi connectivity index (χ4v) is 2.08. The Morgan fingerprint density at radius 3 is 2.65 bits per heavy atom. The van der Waals surface area contributed by atoms with Crippen LogP contribution in [-0.2, 0) is 0 Å². The minimum Gasteiger partial charge on any atom is -0.508 e. The largest absolute Gasteiger partial charge is 0.508 e. The van der Waals surface area contributed by atoms with E-state index in [4.69, 9.17) is 4.74 Å². The summed E-state index contributed by atoms with van der Waals surface area (Å²) >= 11 is 3.35. The van der Waals surface area contributed by atoms with E-state index in [-0.39, 0.29) is 11.7 Å². The van der Waals surface area contributed by atoms with Gasteiger partial charge in [-0.15, -0.1) is 0 Å². The fraction of sp³-hybridized carbons (Fsp3) is 0.133. The van der Waals surface area contributed by atoms with Crippen LogP contribution in [-0.4, -0.2) is 18.1 Å². The van der Waals surface area contributed by atoms with Gasteiger partial charge in [0.1, 0.15) is 11.5 Å². The number of halogens is 1. The first-order chi connectivity index (χ1) is 9.51. The molecule has 0 saturated carbocycles. The van der Waals surface area contributed by atoms with Crippen molar-refractivity contribution in [3.8, 4) is 11.5 Å². The standard InChI is InChI=1S/C15H14BrNO3/c1-9-3-4-10(7-13(9)18)15(19)17-12-8-11(16)5-6-14(12)20-2/h3-8,18H,1-2H3,(H,17,19). The molecule has 2 aromatic carbocycles. The molecule has 104 valence electrons. The molecule has 0 heterocycles. The molecular formula is C15H14BrNO3. The monoisotopic (exact) mass is 335 g/mol. The van der Waals surface area contributed by atoms with Crippen LogP contribution in [0.5, 0.6) is 11.5 Å². The Bertz CT molecular complexity index is 656. The van der Waals surface area contributed by atoms with Gasteiger partial charge in [-0.25, -0.2) is 0 Å². The third-order valence-corrected chi connectivity index (χ3v) is 3.37. The molecule has 2 rings (SSSR count). The van der Waals surface area contributed by atoms with E-state index in [1.54, 1.807) is 31.2 Å². The first kappa shape index (κ1) is 14.4. The highest BCUT2D eigenvalue weighted by molar-refractivity contribution is 9.10. The molecule has 0 aliphatic carbocycles. The first-order valence-corrected chi connectivity index (χ1v) is 6.75. The third-order valence-electron chi connectivity index (χ3n) is 2.88. The van der Waals surface area contributed by atoms with Gasteiger partial charge in [-0.05, 0) is 42.8 Å². The van der Waals surface area contributed by atoms with Gasteiger partial charge >= 0.3 is 0 Å². The molecule has 4 nitrogen and oxygen atoms in total. The van der Waals surface area contributed by atoms with E-state index in [1.807, 2.05) is 6.07 Å². The Hall–Kier alpha value is -2.01. The first-order valence-electron chi connectivity index (χ1n) is 5.96. The number of methoxy groups -OCH3 is 1. The Kier molecular flexibility index (Phi) is 4.29. The molecule has 2 N–H and O–H groups in total. The molecule has 0 aliphatic rings. The summed E-state index contributed by atoms with van der Waals surface area (Å²) in [6.07, 6.45) is 0. The average Bonchev–Trinajstić information content (AvgIpc) is 2.42. The van der Waals surface area contributed by atoms with Crippen molar-refractivity contribution >= 4 is 27.5 Å². The number of ether oxygens (including phenoxy) is 1. The lowest BCUT2D eigenvalue weighted by molar-refractivity contribution is 0.102. The van der Waals surface area contributed by atoms with Crippen LogP contribution >= 0.6 is 15.9 Å². The SMILES string of the molecule is COc1ccc(Br)cc1NC(=O)c1ccc(C)c(O)c1. The van der Waals surface area contributed by atoms with Gasteiger partial charge in [0.15, 0.2) is 0 Å². The Balaban J connectivity index is 2.27. The zero-order valence-corrected chi connectivity index (χ0v) is 12.7. The number of aryl methyl sites for hydroxylation is 1. The number of phenolic OH excluding ortho intramolecular Hbond substituents is 1. The summed E-state index contributed by atoms with van der Waals surface area (Å²) in [5.74, 6) is 0.355. The number of rotatable bonds is 3. The second kappa shape index (κ2) is 5.96. The van der Waals surface area contributed by atoms with Gasteiger partial charge < -0.3 is 15.2 Å². The second-order valence-corrected chi connectivity index (χ2v) is 5.22. The lowest BCUT2D eigenvalue weighted by Crippen LogP contribution is -2.12. The van der Waals surface area contributed by atoms with E-state index in [9.17, 15) is 9.90 Å². The summed E-state index contributed by atoms with van der Waals surface area (Å²) in [6, 6.07) is 10.1. The average molecular weight is 336 g/mol. The molecule has 0 aliphatic heterocycles. The molecule has 2 aromatic rings. The highest BCUT2D eigenvalue weighted by atomic mass is 79.9. The molecule has 0 spiro atoms. The van der Waals surface area contributed by atoms with Crippen LogP contribution in [0.15, 0.2) is 40.9 Å². The molecule has 5 heteroatoms. The number of amides is 1. The lowest BCUT2D eigenvalue weighted by Gasteiger charge is -2.11. The van der Waals surface area contributed by atoms with E-state index in [1.165, 1.54) is 13.2 Å². The van der Waals surface area contributed by atoms with Crippen LogP contribution in [0, 0.1) is 6.92 Å². The number of carbonyl (C=O) groups is 1. The zero-order valence-electron chi connectivity index (χ0n) is 11.1. The van der Waals surface area contributed by atoms with E-state index < -0.39 is 0 Å². The van der Waals surface area contributed by atoms with Gasteiger partial charge in [0.25, 0.3) is 5.91 Å². The van der Waals surface area contributed by atoms with E-state index in [0.29, 0.717) is 17.0 Å². The molecular weight excluding hydrogens is 322 g/mol. The second-order valence-electron chi connectivity index (χ2n) is 4.30. The van der Waals surface area contributed by atoms with Gasteiger partial charge in [0.2, 0.25) is 0 Å². The van der Waals surface area contributed by atoms with E-state index in [0.717, 1.165) is 10.0 Å². The van der Waals surface area contributed by atoms with Crippen molar-refractivity contribution in [2.75, 3.05) is 12.4 Å². The third kappa shape index (κ3) is 3.11. The van der Waals surface area contributed by atoms with Crippen molar-refractivity contribution in [1.82, 2.24) is 0 Å². The summed E-state index contributed by atoms with van der Waals surface area (Å²) in [5.41, 5.74) is 1.67. The summed E-state index contributed by atoms with van der Waals surface area (Å²) in [5, 5.41) is 12.4. The zero-order chi connectivity index (χ0) is 14.7. The summed E-state index contributed by atoms with van der Waals surface area (Å²) in [4.78, 5) is 12.2. The van der Waals surface area contributed by atoms with Gasteiger partial charge in [-0.2, -0.15) is 0 Å². The van der Waals surface area contributed by atoms with Crippen molar-refractivity contribution in [2.45, 2.75) is 6.92 Å². The number of hydrogen-bond acceptors (Lipinski definition) is 3. The Labute approximate surface area is 125 Å². The molecule has 0 aromatic heterocycles. The topological polar surface area (TPSA) is 58.6 Å². The minimum atomic E-state index is -0.309. The van der Waals surface area contributed by atoms with Crippen molar-refractivity contribution in [2.24, 2.45) is 0 Å². The Morgan fingerprint density at radius 2 is 2.00 bits per heavy atom. The molecule has 0 fully saturated rings. The molecule has 0 radical (unpaired) electrons. The van der Waals surface area contributed by atoms with Crippen LogP contribution in [0.4, 0.5) is 5.69 Å². The number of anilines is 1. The highest BCUT2D eigenvalue weighted by Gasteiger charge is 2.11. The normalized spacial score (nSPS) is 10.2. The van der Waals surface area contributed by atoms with Gasteiger partial charge in [-0.3, -0.25) is 4.79 Å². The number of aromatic hydroxyl groups is 1. The Morgan fingerprint density at radius 1 is 1.25 bits per heavy atom. The van der Waals surface area contributed by atoms with E-state index >= 15 is 0 Å². The lowest BCUT2D eigenvalue weighted by atomic mass is 10.1. The maximum absolute atomic E-state index is 12.2. The number of nitrogens with one attached hydrogen (secondary N) is 1. The number of hydrogen-bond donors (Lipinski definition) is 2. The summed E-state index contributed by atoms with van der Waals surface area (Å²) < 4.78 is 6.03. The molecule has 0 atom stereocenters. The van der Waals surface area contributed by atoms with Gasteiger partial charge in [0, 0.05) is 10.0 Å². The highest BCUT2D eigenvalue weighted by Crippen LogP contribution is 2.28. The minimum absolute atomic E-state index is 0.0962. The van der Waals surface area contributed by atoms with Crippen LogP contribution in [0.1, 0.15) is 15.9 Å². The van der Waals surface area contributed by atoms with Crippen molar-refractivity contribution in [1.29, 1.82) is 0 Å². The molecule has 0 bridgehead atoms. The molecule has 20 heavy (non-hydrogen) atoms. The molecule has 1 amide bonds. The van der Waals surface area contributed by atoms with Crippen LogP contribution in [0.25, 0.3) is 0 Å². The van der Waals surface area contributed by atoms with Gasteiger partial charge in [0.05, 0.1) is 12.8 Å². The molecule has 0 unspecified atom stereocenters. The maximum Gasteiger partial charge on any atom is 0.255 e. The van der Waals surface area contributed by atoms with Gasteiger partial charge in [-0.1, -0.05) is 22.0 Å². The predicted molar refractivity (Wildman–Crippen MR) is 81.5 cm³/mol. The van der Waals surface area contributed by atoms with Crippen molar-refractivity contribution in [3.05, 3.63) is 52.0 Å². The van der Waals surface area contributed by atoms with Crippen molar-refractivity contribution in [3.63, 3.8) is 0 Å². The van der Waals surface area contributed by atoms with Crippen LogP contribution < -0.4 is 10.1 Å². The number of benzene rings is 2. The quantitative estimate of drug-likeness (QED) is 0.898. The van der Waals surface area contributed by atoms with Crippen LogP contribution in [0.3, 0.4) is 0 Å². The number of carbonyl (C=O) groups excluding carboxylic acids is 1. The van der Waals surface area contributed by atoms with Crippen LogP contribution in [0.2, 0.25) is 0 Å². The summed E-state index contributed by atoms with van der Waals surface area (Å²) in [6.45, 7) is 1.77. The maximum atomic E-state index is 12.2. The molecule has 0 saturated heterocycles. The van der Waals surface area contributed by atoms with Crippen molar-refractivity contribution < 1.29 is 14.6 Å². The smallest absolute Gasteiger partial charge is 0.255 e. The van der Waals surface area contributed by atoms with E-state index in [2.05, 4.69) is 21.2 Å². The predicted octanol–water partition coefficient (Wildman–Crippen LogP) is 3.72. The fourth-order valence-electron chi connectivity index (χ4n) is 1.72. The number of phenols is 1.